The summed E-state index contributed by atoms with van der Waals surface area (Å²) in [5, 5.41) is 0. The topological polar surface area (TPSA) is 41.9 Å². The molecule has 22 heavy (non-hydrogen) atoms. The molecule has 1 fully saturated rings. The Balaban J connectivity index is 1.73. The van der Waals surface area contributed by atoms with Crippen molar-refractivity contribution >= 4 is 17.5 Å². The third kappa shape index (κ3) is 2.09. The standard InChI is InChI=1S/C18H14N2O2/c21-18-20(14-9-5-2-6-10-14)17-16(22-18)12-11-15(19-17)13-7-3-1-4-8-13/h1-12,16-17H/t16-,17+/m0/s1. The molecular formula is C18H14N2O2. The number of nitrogens with zero attached hydrogens (tertiary/aromatic N) is 2. The van der Waals surface area contributed by atoms with E-state index in [1.165, 1.54) is 0 Å². The summed E-state index contributed by atoms with van der Waals surface area (Å²) < 4.78 is 5.41. The van der Waals surface area contributed by atoms with Crippen LogP contribution in [-0.4, -0.2) is 24.1 Å². The molecule has 108 valence electrons. The molecule has 4 heteroatoms. The van der Waals surface area contributed by atoms with Gasteiger partial charge in [0.05, 0.1) is 5.71 Å². The van der Waals surface area contributed by atoms with E-state index in [4.69, 9.17) is 9.73 Å². The first-order valence-corrected chi connectivity index (χ1v) is 7.19. The zero-order valence-electron chi connectivity index (χ0n) is 11.8. The predicted octanol–water partition coefficient (Wildman–Crippen LogP) is 3.40. The fraction of sp³-hybridized carbons (Fsp3) is 0.111. The van der Waals surface area contributed by atoms with Gasteiger partial charge in [-0.3, -0.25) is 9.89 Å². The lowest BCUT2D eigenvalue weighted by molar-refractivity contribution is 0.154. The molecule has 0 aromatic heterocycles. The summed E-state index contributed by atoms with van der Waals surface area (Å²) in [6, 6.07) is 19.4. The number of dihydropyridines is 1. The molecule has 0 spiro atoms. The van der Waals surface area contributed by atoms with E-state index in [0.29, 0.717) is 0 Å². The van der Waals surface area contributed by atoms with Crippen molar-refractivity contribution in [2.45, 2.75) is 12.3 Å². The van der Waals surface area contributed by atoms with Gasteiger partial charge in [-0.15, -0.1) is 0 Å². The third-order valence-electron chi connectivity index (χ3n) is 3.81. The van der Waals surface area contributed by atoms with Gasteiger partial charge in [-0.1, -0.05) is 48.5 Å². The van der Waals surface area contributed by atoms with E-state index in [1.807, 2.05) is 72.8 Å². The van der Waals surface area contributed by atoms with Gasteiger partial charge >= 0.3 is 6.09 Å². The summed E-state index contributed by atoms with van der Waals surface area (Å²) >= 11 is 0. The second-order valence-electron chi connectivity index (χ2n) is 5.21. The molecule has 1 amide bonds. The SMILES string of the molecule is O=C1O[C@H]2C=CC(c3ccccc3)=N[C@@H]2N1c1ccccc1. The van der Waals surface area contributed by atoms with E-state index in [1.54, 1.807) is 4.90 Å². The molecule has 2 aliphatic heterocycles. The average molecular weight is 290 g/mol. The van der Waals surface area contributed by atoms with Gasteiger partial charge in [0.15, 0.2) is 12.3 Å². The van der Waals surface area contributed by atoms with Gasteiger partial charge in [0.25, 0.3) is 0 Å². The van der Waals surface area contributed by atoms with Crippen LogP contribution >= 0.6 is 0 Å². The number of allylic oxidation sites excluding steroid dienone is 1. The normalized spacial score (nSPS) is 23.0. The van der Waals surface area contributed by atoms with Crippen molar-refractivity contribution in [1.29, 1.82) is 0 Å². The van der Waals surface area contributed by atoms with Crippen molar-refractivity contribution in [2.75, 3.05) is 4.90 Å². The second-order valence-corrected chi connectivity index (χ2v) is 5.21. The highest BCUT2D eigenvalue weighted by molar-refractivity contribution is 6.10. The third-order valence-corrected chi connectivity index (χ3v) is 3.81. The smallest absolute Gasteiger partial charge is 0.416 e. The minimum Gasteiger partial charge on any atom is -0.437 e. The Kier molecular flexibility index (Phi) is 3.00. The summed E-state index contributed by atoms with van der Waals surface area (Å²) in [6.45, 7) is 0. The van der Waals surface area contributed by atoms with Crippen LogP contribution in [0.3, 0.4) is 0 Å². The number of hydrogen-bond acceptors (Lipinski definition) is 3. The molecule has 4 rings (SSSR count). The van der Waals surface area contributed by atoms with Crippen molar-refractivity contribution in [3.8, 4) is 0 Å². The number of rotatable bonds is 2. The number of anilines is 1. The Bertz CT molecular complexity index is 753. The summed E-state index contributed by atoms with van der Waals surface area (Å²) in [4.78, 5) is 18.5. The van der Waals surface area contributed by atoms with Crippen LogP contribution in [0.2, 0.25) is 0 Å². The number of carbonyl (C=O) groups is 1. The highest BCUT2D eigenvalue weighted by Gasteiger charge is 2.42. The zero-order valence-corrected chi connectivity index (χ0v) is 11.8. The number of carbonyl (C=O) groups excluding carboxylic acids is 1. The number of aliphatic imine (C=N–C) groups is 1. The number of para-hydroxylation sites is 1. The lowest BCUT2D eigenvalue weighted by atomic mass is 10.1. The van der Waals surface area contributed by atoms with Crippen molar-refractivity contribution in [2.24, 2.45) is 4.99 Å². The van der Waals surface area contributed by atoms with E-state index in [2.05, 4.69) is 0 Å². The van der Waals surface area contributed by atoms with Gasteiger partial charge in [0, 0.05) is 5.69 Å². The lowest BCUT2D eigenvalue weighted by Gasteiger charge is -2.23. The van der Waals surface area contributed by atoms with Crippen molar-refractivity contribution in [3.63, 3.8) is 0 Å². The molecule has 2 heterocycles. The molecule has 4 nitrogen and oxygen atoms in total. The van der Waals surface area contributed by atoms with Crippen LogP contribution in [0.5, 0.6) is 0 Å². The summed E-state index contributed by atoms with van der Waals surface area (Å²) in [5.41, 5.74) is 2.69. The van der Waals surface area contributed by atoms with E-state index >= 15 is 0 Å². The van der Waals surface area contributed by atoms with Gasteiger partial charge in [-0.25, -0.2) is 4.79 Å². The Labute approximate surface area is 128 Å². The van der Waals surface area contributed by atoms with Crippen LogP contribution in [0.25, 0.3) is 0 Å². The fourth-order valence-electron chi connectivity index (χ4n) is 2.76. The van der Waals surface area contributed by atoms with Crippen LogP contribution in [0, 0.1) is 0 Å². The maximum absolute atomic E-state index is 12.2. The zero-order chi connectivity index (χ0) is 14.9. The minimum absolute atomic E-state index is 0.333. The van der Waals surface area contributed by atoms with Crippen molar-refractivity contribution in [3.05, 3.63) is 78.4 Å². The van der Waals surface area contributed by atoms with Crippen LogP contribution in [0.1, 0.15) is 5.56 Å². The highest BCUT2D eigenvalue weighted by atomic mass is 16.6. The Morgan fingerprint density at radius 3 is 2.36 bits per heavy atom. The number of fused-ring (bicyclic) bond motifs is 1. The monoisotopic (exact) mass is 290 g/mol. The highest BCUT2D eigenvalue weighted by Crippen LogP contribution is 2.30. The van der Waals surface area contributed by atoms with Gasteiger partial charge in [0.2, 0.25) is 0 Å². The molecule has 0 saturated carbocycles. The van der Waals surface area contributed by atoms with Crippen molar-refractivity contribution < 1.29 is 9.53 Å². The van der Waals surface area contributed by atoms with E-state index in [0.717, 1.165) is 17.0 Å². The number of benzene rings is 2. The summed E-state index contributed by atoms with van der Waals surface area (Å²) in [6.07, 6.45) is 2.78. The summed E-state index contributed by atoms with van der Waals surface area (Å²) in [7, 11) is 0. The van der Waals surface area contributed by atoms with Crippen molar-refractivity contribution in [1.82, 2.24) is 0 Å². The summed E-state index contributed by atoms with van der Waals surface area (Å²) in [5.74, 6) is 0. The average Bonchev–Trinajstić information content (AvgIpc) is 2.91. The van der Waals surface area contributed by atoms with E-state index in [9.17, 15) is 4.79 Å². The molecule has 0 N–H and O–H groups in total. The van der Waals surface area contributed by atoms with Crippen LogP contribution in [-0.2, 0) is 4.74 Å². The van der Waals surface area contributed by atoms with Crippen LogP contribution < -0.4 is 4.90 Å². The molecule has 0 bridgehead atoms. The molecule has 2 aromatic rings. The maximum Gasteiger partial charge on any atom is 0.416 e. The molecule has 0 aliphatic carbocycles. The van der Waals surface area contributed by atoms with Gasteiger partial charge in [-0.2, -0.15) is 0 Å². The molecular weight excluding hydrogens is 276 g/mol. The van der Waals surface area contributed by atoms with Gasteiger partial charge in [-0.05, 0) is 29.8 Å². The van der Waals surface area contributed by atoms with E-state index in [-0.39, 0.29) is 18.4 Å². The van der Waals surface area contributed by atoms with Gasteiger partial charge in [0.1, 0.15) is 0 Å². The Hall–Kier alpha value is -2.88. The Morgan fingerprint density at radius 2 is 1.64 bits per heavy atom. The largest absolute Gasteiger partial charge is 0.437 e. The van der Waals surface area contributed by atoms with E-state index < -0.39 is 0 Å². The number of amides is 1. The quantitative estimate of drug-likeness (QED) is 0.850. The first kappa shape index (κ1) is 12.8. The van der Waals surface area contributed by atoms with Crippen LogP contribution in [0.4, 0.5) is 10.5 Å². The molecule has 2 aromatic carbocycles. The predicted molar refractivity (Wildman–Crippen MR) is 85.1 cm³/mol. The molecule has 2 aliphatic rings. The molecule has 2 atom stereocenters. The molecule has 0 unspecified atom stereocenters. The molecule has 1 saturated heterocycles. The number of ether oxygens (including phenoxy) is 1. The Morgan fingerprint density at radius 1 is 0.955 bits per heavy atom. The minimum atomic E-state index is -0.357. The van der Waals surface area contributed by atoms with Crippen LogP contribution in [0.15, 0.2) is 77.8 Å². The second kappa shape index (κ2) is 5.15. The molecule has 0 radical (unpaired) electrons. The van der Waals surface area contributed by atoms with Gasteiger partial charge < -0.3 is 4.74 Å². The first-order chi connectivity index (χ1) is 10.8. The number of hydrogen-bond donors (Lipinski definition) is 0. The first-order valence-electron chi connectivity index (χ1n) is 7.19. The lowest BCUT2D eigenvalue weighted by Crippen LogP contribution is -2.36. The fourth-order valence-corrected chi connectivity index (χ4v) is 2.76. The maximum atomic E-state index is 12.2.